The average molecular weight is 326 g/mol. The van der Waals surface area contributed by atoms with Crippen molar-refractivity contribution in [3.63, 3.8) is 0 Å². The Kier molecular flexibility index (Phi) is 5.24. The van der Waals surface area contributed by atoms with Gasteiger partial charge in [0.25, 0.3) is 5.91 Å². The van der Waals surface area contributed by atoms with Crippen LogP contribution < -0.4 is 5.73 Å². The molecule has 1 fully saturated rings. The van der Waals surface area contributed by atoms with Gasteiger partial charge in [-0.2, -0.15) is 0 Å². The smallest absolute Gasteiger partial charge is 0.263 e. The first-order valence-electron chi connectivity index (χ1n) is 4.95. The number of nitrogens with two attached hydrogens (primary N) is 1. The molecule has 16 heavy (non-hydrogen) atoms. The van der Waals surface area contributed by atoms with E-state index in [-0.39, 0.29) is 18.3 Å². The largest absolute Gasteiger partial charge is 0.338 e. The summed E-state index contributed by atoms with van der Waals surface area (Å²) in [6.45, 7) is 2.33. The van der Waals surface area contributed by atoms with Crippen molar-refractivity contribution in [3.8, 4) is 0 Å². The van der Waals surface area contributed by atoms with Crippen molar-refractivity contribution in [1.29, 1.82) is 0 Å². The molecule has 0 saturated carbocycles. The Hall–Kier alpha value is -0.100. The van der Waals surface area contributed by atoms with E-state index in [0.29, 0.717) is 12.5 Å². The fourth-order valence-corrected chi connectivity index (χ4v) is 3.15. The fraction of sp³-hybridized carbons (Fsp3) is 0.500. The van der Waals surface area contributed by atoms with Crippen LogP contribution in [0.2, 0.25) is 0 Å². The first-order valence-corrected chi connectivity index (χ1v) is 6.56. The molecule has 6 heteroatoms. The number of rotatable bonds is 2. The molecule has 1 aromatic rings. The van der Waals surface area contributed by atoms with Crippen molar-refractivity contribution in [2.45, 2.75) is 6.42 Å². The number of hydrogen-bond acceptors (Lipinski definition) is 3. The Morgan fingerprint density at radius 1 is 1.62 bits per heavy atom. The summed E-state index contributed by atoms with van der Waals surface area (Å²) in [7, 11) is 0. The van der Waals surface area contributed by atoms with Gasteiger partial charge in [-0.05, 0) is 46.9 Å². The molecule has 0 spiro atoms. The summed E-state index contributed by atoms with van der Waals surface area (Å²) in [6, 6.07) is 3.78. The minimum atomic E-state index is 0. The second-order valence-electron chi connectivity index (χ2n) is 3.75. The summed E-state index contributed by atoms with van der Waals surface area (Å²) in [5.41, 5.74) is 5.60. The van der Waals surface area contributed by atoms with E-state index in [9.17, 15) is 4.79 Å². The van der Waals surface area contributed by atoms with Crippen LogP contribution in [0.25, 0.3) is 0 Å². The molecule has 2 heterocycles. The zero-order valence-electron chi connectivity index (χ0n) is 8.69. The Morgan fingerprint density at radius 3 is 2.88 bits per heavy atom. The predicted molar refractivity (Wildman–Crippen MR) is 72.3 cm³/mol. The van der Waals surface area contributed by atoms with Crippen molar-refractivity contribution < 1.29 is 4.79 Å². The zero-order valence-corrected chi connectivity index (χ0v) is 11.9. The summed E-state index contributed by atoms with van der Waals surface area (Å²) in [5.74, 6) is 0.624. The first kappa shape index (κ1) is 14.0. The third-order valence-electron chi connectivity index (χ3n) is 2.69. The zero-order chi connectivity index (χ0) is 10.8. The number of halogens is 2. The maximum Gasteiger partial charge on any atom is 0.263 e. The topological polar surface area (TPSA) is 46.3 Å². The van der Waals surface area contributed by atoms with Crippen LogP contribution in [-0.4, -0.2) is 30.4 Å². The van der Waals surface area contributed by atoms with Gasteiger partial charge in [0.15, 0.2) is 0 Å². The van der Waals surface area contributed by atoms with E-state index in [0.717, 1.165) is 28.2 Å². The van der Waals surface area contributed by atoms with Crippen molar-refractivity contribution in [3.05, 3.63) is 20.8 Å². The number of nitrogens with zero attached hydrogens (tertiary/aromatic N) is 1. The second-order valence-corrected chi connectivity index (χ2v) is 6.21. The molecule has 90 valence electrons. The van der Waals surface area contributed by atoms with Crippen molar-refractivity contribution in [2.75, 3.05) is 19.6 Å². The van der Waals surface area contributed by atoms with E-state index < -0.39 is 0 Å². The molecule has 1 atom stereocenters. The summed E-state index contributed by atoms with van der Waals surface area (Å²) < 4.78 is 1.00. The van der Waals surface area contributed by atoms with E-state index in [1.165, 1.54) is 11.3 Å². The summed E-state index contributed by atoms with van der Waals surface area (Å²) in [6.07, 6.45) is 1.04. The van der Waals surface area contributed by atoms with E-state index >= 15 is 0 Å². The van der Waals surface area contributed by atoms with Crippen LogP contribution in [0.1, 0.15) is 16.1 Å². The minimum absolute atomic E-state index is 0. The highest BCUT2D eigenvalue weighted by Gasteiger charge is 2.26. The first-order chi connectivity index (χ1) is 7.20. The van der Waals surface area contributed by atoms with Gasteiger partial charge in [0.2, 0.25) is 0 Å². The van der Waals surface area contributed by atoms with Crippen LogP contribution in [0.3, 0.4) is 0 Å². The number of amides is 1. The molecule has 2 N–H and O–H groups in total. The Labute approximate surface area is 114 Å². The average Bonchev–Trinajstić information content (AvgIpc) is 2.84. The number of carbonyl (C=O) groups excluding carboxylic acids is 1. The number of hydrogen-bond donors (Lipinski definition) is 1. The van der Waals surface area contributed by atoms with Gasteiger partial charge in [0.05, 0.1) is 8.66 Å². The molecule has 3 nitrogen and oxygen atoms in total. The molecule has 1 aromatic heterocycles. The summed E-state index contributed by atoms with van der Waals surface area (Å²) >= 11 is 4.85. The Morgan fingerprint density at radius 2 is 2.38 bits per heavy atom. The third kappa shape index (κ3) is 2.97. The van der Waals surface area contributed by atoms with Crippen molar-refractivity contribution >= 4 is 45.6 Å². The van der Waals surface area contributed by atoms with Crippen LogP contribution in [0.4, 0.5) is 0 Å². The van der Waals surface area contributed by atoms with Crippen molar-refractivity contribution in [1.82, 2.24) is 4.90 Å². The Balaban J connectivity index is 0.00000128. The second kappa shape index (κ2) is 6.00. The van der Waals surface area contributed by atoms with Crippen LogP contribution in [-0.2, 0) is 0 Å². The maximum atomic E-state index is 12.0. The van der Waals surface area contributed by atoms with Crippen molar-refractivity contribution in [2.24, 2.45) is 11.7 Å². The summed E-state index contributed by atoms with van der Waals surface area (Å²) in [5, 5.41) is 0. The minimum Gasteiger partial charge on any atom is -0.338 e. The molecular weight excluding hydrogens is 312 g/mol. The Bertz CT molecular complexity index is 371. The van der Waals surface area contributed by atoms with E-state index in [4.69, 9.17) is 5.73 Å². The highest BCUT2D eigenvalue weighted by atomic mass is 79.9. The van der Waals surface area contributed by atoms with E-state index in [1.54, 1.807) is 0 Å². The number of likely N-dealkylation sites (tertiary alicyclic amines) is 1. The predicted octanol–water partition coefficient (Wildman–Crippen LogP) is 2.35. The molecule has 0 radical (unpaired) electrons. The van der Waals surface area contributed by atoms with Crippen LogP contribution >= 0.6 is 39.7 Å². The van der Waals surface area contributed by atoms with E-state index in [2.05, 4.69) is 15.9 Å². The third-order valence-corrected chi connectivity index (χ3v) is 4.30. The number of thiophene rings is 1. The van der Waals surface area contributed by atoms with Gasteiger partial charge in [0, 0.05) is 13.1 Å². The highest BCUT2D eigenvalue weighted by molar-refractivity contribution is 9.11. The number of carbonyl (C=O) groups is 1. The molecule has 1 amide bonds. The lowest BCUT2D eigenvalue weighted by Crippen LogP contribution is -2.29. The lowest BCUT2D eigenvalue weighted by Gasteiger charge is -2.14. The quantitative estimate of drug-likeness (QED) is 0.907. The van der Waals surface area contributed by atoms with Gasteiger partial charge in [-0.15, -0.1) is 23.7 Å². The molecular formula is C10H14BrClN2OS. The van der Waals surface area contributed by atoms with Crippen LogP contribution in [0.5, 0.6) is 0 Å². The van der Waals surface area contributed by atoms with Gasteiger partial charge < -0.3 is 10.6 Å². The molecule has 1 saturated heterocycles. The van der Waals surface area contributed by atoms with Gasteiger partial charge in [-0.25, -0.2) is 0 Å². The monoisotopic (exact) mass is 324 g/mol. The van der Waals surface area contributed by atoms with E-state index in [1.807, 2.05) is 17.0 Å². The molecule has 0 bridgehead atoms. The van der Waals surface area contributed by atoms with Crippen LogP contribution in [0, 0.1) is 5.92 Å². The highest BCUT2D eigenvalue weighted by Crippen LogP contribution is 2.25. The van der Waals surface area contributed by atoms with Gasteiger partial charge in [-0.3, -0.25) is 4.79 Å². The summed E-state index contributed by atoms with van der Waals surface area (Å²) in [4.78, 5) is 14.7. The molecule has 1 unspecified atom stereocenters. The maximum absolute atomic E-state index is 12.0. The lowest BCUT2D eigenvalue weighted by molar-refractivity contribution is 0.0792. The van der Waals surface area contributed by atoms with Gasteiger partial charge >= 0.3 is 0 Å². The fourth-order valence-electron chi connectivity index (χ4n) is 1.79. The molecule has 1 aliphatic heterocycles. The standard InChI is InChI=1S/C10H13BrN2OS.ClH/c11-9-2-1-8(15-9)10(14)13-4-3-7(5-12)6-13;/h1-2,7H,3-6,12H2;1H. The SMILES string of the molecule is Cl.NCC1CCN(C(=O)c2ccc(Br)s2)C1. The molecule has 0 aromatic carbocycles. The normalized spacial score (nSPS) is 19.6. The lowest BCUT2D eigenvalue weighted by atomic mass is 10.1. The van der Waals surface area contributed by atoms with Gasteiger partial charge in [-0.1, -0.05) is 0 Å². The van der Waals surface area contributed by atoms with Crippen LogP contribution in [0.15, 0.2) is 15.9 Å². The molecule has 2 rings (SSSR count). The molecule has 1 aliphatic rings. The molecule has 0 aliphatic carbocycles. The van der Waals surface area contributed by atoms with Gasteiger partial charge in [0.1, 0.15) is 0 Å².